The molecule has 6 nitrogen and oxygen atoms in total. The van der Waals surface area contributed by atoms with E-state index in [2.05, 4.69) is 17.2 Å². The molecule has 0 bridgehead atoms. The maximum absolute atomic E-state index is 14.2. The number of halogens is 2. The average molecular weight is 336 g/mol. The number of ether oxygens (including phenoxy) is 1. The first-order valence-electron chi connectivity index (χ1n) is 5.56. The van der Waals surface area contributed by atoms with Gasteiger partial charge >= 0.3 is 0 Å². The van der Waals surface area contributed by atoms with Crippen molar-refractivity contribution in [1.29, 1.82) is 0 Å². The Morgan fingerprint density at radius 1 is 1.57 bits per heavy atom. The molecule has 1 aliphatic rings. The monoisotopic (exact) mass is 336 g/mol. The molecule has 1 saturated heterocycles. The third kappa shape index (κ3) is 2.32. The van der Waals surface area contributed by atoms with Gasteiger partial charge in [-0.15, -0.1) is 6.42 Å². The molecule has 0 amide bonds. The van der Waals surface area contributed by atoms with E-state index in [1.807, 2.05) is 0 Å². The number of H-pyrrole nitrogens is 1. The normalized spacial score (nSPS) is 35.6. The lowest BCUT2D eigenvalue weighted by atomic mass is 9.94. The maximum Gasteiger partial charge on any atom is 0.264 e. The van der Waals surface area contributed by atoms with Crippen molar-refractivity contribution in [3.63, 3.8) is 0 Å². The molecule has 1 fully saturated rings. The molecule has 1 aromatic rings. The number of nitrogens with zero attached hydrogens (tertiary/aromatic N) is 1. The minimum atomic E-state index is -3.02. The molecule has 1 unspecified atom stereocenters. The largest absolute Gasteiger partial charge is 0.390 e. The molecule has 10 heteroatoms. The van der Waals surface area contributed by atoms with Crippen molar-refractivity contribution in [1.82, 2.24) is 9.55 Å². The van der Waals surface area contributed by atoms with Crippen molar-refractivity contribution in [2.45, 2.75) is 23.8 Å². The summed E-state index contributed by atoms with van der Waals surface area (Å²) in [6.07, 6.45) is 1.85. The first kappa shape index (κ1) is 16.2. The van der Waals surface area contributed by atoms with Crippen LogP contribution >= 0.6 is 24.4 Å². The van der Waals surface area contributed by atoms with Gasteiger partial charge in [-0.1, -0.05) is 18.1 Å². The predicted octanol–water partition coefficient (Wildman–Crippen LogP) is 0.326. The van der Waals surface area contributed by atoms with E-state index >= 15 is 0 Å². The highest BCUT2D eigenvalue weighted by Crippen LogP contribution is 2.44. The lowest BCUT2D eigenvalue weighted by molar-refractivity contribution is -0.207. The van der Waals surface area contributed by atoms with Crippen molar-refractivity contribution in [3.8, 4) is 12.3 Å². The highest BCUT2D eigenvalue weighted by atomic mass is 32.1. The van der Waals surface area contributed by atoms with Gasteiger partial charge in [-0.2, -0.15) is 0 Å². The van der Waals surface area contributed by atoms with Crippen LogP contribution in [0.25, 0.3) is 0 Å². The van der Waals surface area contributed by atoms with Gasteiger partial charge in [0.2, 0.25) is 5.60 Å². The van der Waals surface area contributed by atoms with Crippen LogP contribution in [0.15, 0.2) is 6.20 Å². The average Bonchev–Trinajstić information content (AvgIpc) is 2.66. The minimum Gasteiger partial charge on any atom is -0.390 e. The molecule has 114 valence electrons. The number of alkyl halides is 1. The summed E-state index contributed by atoms with van der Waals surface area (Å²) in [5.41, 5.74) is -2.57. The molecule has 2 rings (SSSR count). The summed E-state index contributed by atoms with van der Waals surface area (Å²) in [7, 11) is 0. The summed E-state index contributed by atoms with van der Waals surface area (Å²) in [5, 5.41) is 29.0. The molecule has 2 heterocycles. The molecule has 0 radical (unpaired) electrons. The van der Waals surface area contributed by atoms with Crippen LogP contribution in [0.3, 0.4) is 0 Å². The van der Waals surface area contributed by atoms with Gasteiger partial charge in [-0.05, 0) is 12.2 Å². The zero-order valence-electron chi connectivity index (χ0n) is 10.3. The molecule has 0 saturated carbocycles. The summed E-state index contributed by atoms with van der Waals surface area (Å²) >= 11 is 9.52. The number of aromatic nitrogens is 2. The summed E-state index contributed by atoms with van der Waals surface area (Å²) in [4.78, 5) is 2.30. The molecule has 0 spiro atoms. The fourth-order valence-electron chi connectivity index (χ4n) is 1.98. The first-order valence-corrected chi connectivity index (χ1v) is 6.38. The third-order valence-electron chi connectivity index (χ3n) is 3.13. The fraction of sp³-hybridized carbons (Fsp3) is 0.455. The van der Waals surface area contributed by atoms with Crippen LogP contribution in [0.2, 0.25) is 0 Å². The SMILES string of the molecule is C#C[C@@]1(O)C(O)[C@@](F)(CO)O[C@H]1n1cc(F)c(=S)[nH]c1=S. The van der Waals surface area contributed by atoms with Crippen LogP contribution in [0.5, 0.6) is 0 Å². The quantitative estimate of drug-likeness (QED) is 0.460. The van der Waals surface area contributed by atoms with Gasteiger partial charge in [0.1, 0.15) is 11.2 Å². The van der Waals surface area contributed by atoms with Crippen LogP contribution in [-0.2, 0) is 4.74 Å². The number of nitrogens with one attached hydrogen (secondary N) is 1. The number of terminal acetylenes is 1. The van der Waals surface area contributed by atoms with Gasteiger partial charge < -0.3 is 25.0 Å². The van der Waals surface area contributed by atoms with Crippen molar-refractivity contribution < 1.29 is 28.8 Å². The molecule has 4 N–H and O–H groups in total. The second kappa shape index (κ2) is 5.20. The standard InChI is InChI=1S/C11H10F2N2O4S2/c1-2-10(18)7(17)11(13,4-16)19-8(10)15-3-5(12)6(20)14-9(15)21/h1,3,7-8,16-18H,4H2,(H,14,20,21)/t7?,8-,10-,11-/m1/s1. The maximum atomic E-state index is 14.2. The number of aliphatic hydroxyl groups is 3. The third-order valence-corrected chi connectivity index (χ3v) is 3.74. The van der Waals surface area contributed by atoms with Gasteiger partial charge in [-0.25, -0.2) is 8.78 Å². The van der Waals surface area contributed by atoms with E-state index in [0.717, 1.165) is 10.8 Å². The zero-order chi connectivity index (χ0) is 16.0. The molecular formula is C11H10F2N2O4S2. The van der Waals surface area contributed by atoms with E-state index in [4.69, 9.17) is 28.5 Å². The molecule has 4 atom stereocenters. The highest BCUT2D eigenvalue weighted by molar-refractivity contribution is 7.72. The Kier molecular flexibility index (Phi) is 4.00. The Balaban J connectivity index is 2.64. The molecule has 1 aliphatic heterocycles. The topological polar surface area (TPSA) is 90.6 Å². The lowest BCUT2D eigenvalue weighted by Crippen LogP contribution is -2.50. The van der Waals surface area contributed by atoms with E-state index in [0.29, 0.717) is 0 Å². The minimum absolute atomic E-state index is 0.213. The molecular weight excluding hydrogens is 326 g/mol. The van der Waals surface area contributed by atoms with Crippen LogP contribution in [0, 0.1) is 27.6 Å². The van der Waals surface area contributed by atoms with Gasteiger partial charge in [0.05, 0.1) is 0 Å². The summed E-state index contributed by atoms with van der Waals surface area (Å²) in [6, 6.07) is 0. The van der Waals surface area contributed by atoms with Gasteiger partial charge in [0, 0.05) is 6.20 Å². The van der Waals surface area contributed by atoms with Crippen molar-refractivity contribution >= 4 is 24.4 Å². The lowest BCUT2D eigenvalue weighted by Gasteiger charge is -2.26. The number of hydrogen-bond acceptors (Lipinski definition) is 6. The van der Waals surface area contributed by atoms with E-state index in [1.54, 1.807) is 5.92 Å². The van der Waals surface area contributed by atoms with Crippen molar-refractivity contribution in [2.24, 2.45) is 0 Å². The Bertz CT molecular complexity index is 730. The Labute approximate surface area is 127 Å². The van der Waals surface area contributed by atoms with Crippen molar-refractivity contribution in [2.75, 3.05) is 6.61 Å². The number of rotatable bonds is 2. The summed E-state index contributed by atoms with van der Waals surface area (Å²) in [5.74, 6) is -2.15. The number of aliphatic hydroxyl groups excluding tert-OH is 2. The van der Waals surface area contributed by atoms with Gasteiger partial charge in [0.25, 0.3) is 5.85 Å². The second-order valence-corrected chi connectivity index (χ2v) is 5.23. The number of aromatic amines is 1. The van der Waals surface area contributed by atoms with Crippen LogP contribution in [0.4, 0.5) is 8.78 Å². The number of hydrogen-bond donors (Lipinski definition) is 4. The van der Waals surface area contributed by atoms with Crippen LogP contribution in [0.1, 0.15) is 6.23 Å². The summed E-state index contributed by atoms with van der Waals surface area (Å²) in [6.45, 7) is -1.27. The molecule has 1 aromatic heterocycles. The molecule has 21 heavy (non-hydrogen) atoms. The van der Waals surface area contributed by atoms with E-state index < -0.39 is 36.2 Å². The Hall–Kier alpha value is -1.22. The second-order valence-electron chi connectivity index (χ2n) is 4.43. The van der Waals surface area contributed by atoms with E-state index in [9.17, 15) is 19.0 Å². The molecule has 0 aliphatic carbocycles. The van der Waals surface area contributed by atoms with Crippen LogP contribution in [-0.4, -0.2) is 49.0 Å². The first-order chi connectivity index (χ1) is 9.69. The zero-order valence-corrected chi connectivity index (χ0v) is 11.9. The van der Waals surface area contributed by atoms with E-state index in [1.165, 1.54) is 0 Å². The Morgan fingerprint density at radius 3 is 2.71 bits per heavy atom. The van der Waals surface area contributed by atoms with Gasteiger partial charge in [-0.3, -0.25) is 4.57 Å². The predicted molar refractivity (Wildman–Crippen MR) is 71.2 cm³/mol. The van der Waals surface area contributed by atoms with Crippen molar-refractivity contribution in [3.05, 3.63) is 21.4 Å². The highest BCUT2D eigenvalue weighted by Gasteiger charge is 2.64. The van der Waals surface area contributed by atoms with Gasteiger partial charge in [0.15, 0.2) is 22.9 Å². The Morgan fingerprint density at radius 2 is 2.19 bits per heavy atom. The summed E-state index contributed by atoms with van der Waals surface area (Å²) < 4.78 is 32.8. The smallest absolute Gasteiger partial charge is 0.264 e. The van der Waals surface area contributed by atoms with Crippen LogP contribution < -0.4 is 0 Å². The molecule has 0 aromatic carbocycles. The fourth-order valence-corrected chi connectivity index (χ4v) is 2.45. The van der Waals surface area contributed by atoms with E-state index in [-0.39, 0.29) is 9.41 Å².